The quantitative estimate of drug-likeness (QED) is 0.887. The molecular weight excluding hydrogens is 234 g/mol. The number of methoxy groups -OCH3 is 1. The lowest BCUT2D eigenvalue weighted by Gasteiger charge is -2.22. The van der Waals surface area contributed by atoms with E-state index in [1.165, 1.54) is 15.0 Å². The lowest BCUT2D eigenvalue weighted by molar-refractivity contribution is 0.0779. The van der Waals surface area contributed by atoms with Crippen molar-refractivity contribution in [3.05, 3.63) is 29.1 Å². The fourth-order valence-corrected chi connectivity index (χ4v) is 3.23. The lowest BCUT2D eigenvalue weighted by Crippen LogP contribution is -2.33. The molecule has 0 bridgehead atoms. The van der Waals surface area contributed by atoms with Crippen LogP contribution < -0.4 is 10.1 Å². The zero-order valence-corrected chi connectivity index (χ0v) is 10.5. The first-order chi connectivity index (χ1) is 8.36. The fourth-order valence-electron chi connectivity index (χ4n) is 2.08. The molecule has 1 aromatic carbocycles. The molecule has 90 valence electrons. The minimum Gasteiger partial charge on any atom is -0.497 e. The highest BCUT2D eigenvalue weighted by Crippen LogP contribution is 2.32. The molecule has 2 aromatic rings. The van der Waals surface area contributed by atoms with Crippen molar-refractivity contribution >= 4 is 21.4 Å². The molecule has 1 atom stereocenters. The molecular formula is C13H15NO2S. The van der Waals surface area contributed by atoms with E-state index < -0.39 is 0 Å². The molecule has 3 nitrogen and oxygen atoms in total. The minimum absolute atomic E-state index is 0.340. The summed E-state index contributed by atoms with van der Waals surface area (Å²) in [6.45, 7) is 2.52. The second-order valence-electron chi connectivity index (χ2n) is 4.13. The Balaban J connectivity index is 1.95. The zero-order valence-electron chi connectivity index (χ0n) is 9.73. The number of hydrogen-bond donors (Lipinski definition) is 1. The first-order valence-electron chi connectivity index (χ1n) is 5.75. The van der Waals surface area contributed by atoms with Crippen LogP contribution in [0.15, 0.2) is 24.3 Å². The van der Waals surface area contributed by atoms with Gasteiger partial charge in [0.1, 0.15) is 5.75 Å². The number of rotatable bonds is 2. The van der Waals surface area contributed by atoms with Crippen molar-refractivity contribution in [2.45, 2.75) is 6.04 Å². The summed E-state index contributed by atoms with van der Waals surface area (Å²) in [4.78, 5) is 1.34. The van der Waals surface area contributed by atoms with E-state index in [2.05, 4.69) is 23.5 Å². The van der Waals surface area contributed by atoms with Crippen molar-refractivity contribution in [3.63, 3.8) is 0 Å². The van der Waals surface area contributed by atoms with Gasteiger partial charge in [-0.05, 0) is 29.7 Å². The molecule has 1 saturated heterocycles. The van der Waals surface area contributed by atoms with Gasteiger partial charge in [0.15, 0.2) is 0 Å². The molecule has 1 aliphatic rings. The van der Waals surface area contributed by atoms with Crippen LogP contribution in [-0.2, 0) is 4.74 Å². The Labute approximate surface area is 104 Å². The molecule has 1 aromatic heterocycles. The number of nitrogens with one attached hydrogen (secondary N) is 1. The highest BCUT2D eigenvalue weighted by atomic mass is 32.1. The molecule has 2 heterocycles. The maximum Gasteiger partial charge on any atom is 0.120 e. The van der Waals surface area contributed by atoms with Crippen LogP contribution in [0.25, 0.3) is 10.1 Å². The van der Waals surface area contributed by atoms with E-state index >= 15 is 0 Å². The number of thiophene rings is 1. The molecule has 0 radical (unpaired) electrons. The van der Waals surface area contributed by atoms with E-state index in [0.717, 1.165) is 25.5 Å². The van der Waals surface area contributed by atoms with Crippen LogP contribution in [0, 0.1) is 0 Å². The molecule has 4 heteroatoms. The predicted octanol–water partition coefficient (Wildman–Crippen LogP) is 2.57. The SMILES string of the molecule is COc1ccc2cc(C3COCCN3)sc2c1. The Morgan fingerprint density at radius 3 is 3.12 bits per heavy atom. The Hall–Kier alpha value is -1.10. The van der Waals surface area contributed by atoms with Crippen molar-refractivity contribution in [2.24, 2.45) is 0 Å². The first kappa shape index (κ1) is 11.0. The summed E-state index contributed by atoms with van der Waals surface area (Å²) in [6, 6.07) is 8.78. The van der Waals surface area contributed by atoms with Gasteiger partial charge in [0.05, 0.1) is 26.4 Å². The molecule has 1 unspecified atom stereocenters. The van der Waals surface area contributed by atoms with Crippen molar-refractivity contribution in [2.75, 3.05) is 26.9 Å². The second kappa shape index (κ2) is 4.64. The summed E-state index contributed by atoms with van der Waals surface area (Å²) in [5, 5.41) is 4.76. The zero-order chi connectivity index (χ0) is 11.7. The largest absolute Gasteiger partial charge is 0.497 e. The second-order valence-corrected chi connectivity index (χ2v) is 5.25. The highest BCUT2D eigenvalue weighted by molar-refractivity contribution is 7.19. The molecule has 0 aliphatic carbocycles. The Kier molecular flexibility index (Phi) is 3.01. The summed E-state index contributed by atoms with van der Waals surface area (Å²) < 4.78 is 12.0. The topological polar surface area (TPSA) is 30.5 Å². The van der Waals surface area contributed by atoms with Crippen LogP contribution >= 0.6 is 11.3 Å². The van der Waals surface area contributed by atoms with Crippen LogP contribution in [0.3, 0.4) is 0 Å². The third kappa shape index (κ3) is 2.16. The van der Waals surface area contributed by atoms with Crippen molar-refractivity contribution in [1.29, 1.82) is 0 Å². The monoisotopic (exact) mass is 249 g/mol. The van der Waals surface area contributed by atoms with Crippen molar-refractivity contribution in [3.8, 4) is 5.75 Å². The van der Waals surface area contributed by atoms with Crippen molar-refractivity contribution < 1.29 is 9.47 Å². The molecule has 0 amide bonds. The van der Waals surface area contributed by atoms with Gasteiger partial charge in [-0.1, -0.05) is 0 Å². The Bertz CT molecular complexity index is 517. The number of fused-ring (bicyclic) bond motifs is 1. The number of morpholine rings is 1. The van der Waals surface area contributed by atoms with Gasteiger partial charge < -0.3 is 14.8 Å². The van der Waals surface area contributed by atoms with E-state index in [4.69, 9.17) is 9.47 Å². The Morgan fingerprint density at radius 1 is 1.41 bits per heavy atom. The predicted molar refractivity (Wildman–Crippen MR) is 69.9 cm³/mol. The minimum atomic E-state index is 0.340. The summed E-state index contributed by atoms with van der Waals surface area (Å²) in [5.74, 6) is 0.916. The van der Waals surface area contributed by atoms with Crippen molar-refractivity contribution in [1.82, 2.24) is 5.32 Å². The van der Waals surface area contributed by atoms with Gasteiger partial charge in [-0.2, -0.15) is 0 Å². The maximum absolute atomic E-state index is 5.50. The smallest absolute Gasteiger partial charge is 0.120 e. The summed E-state index contributed by atoms with van der Waals surface area (Å²) in [6.07, 6.45) is 0. The number of benzene rings is 1. The Morgan fingerprint density at radius 2 is 2.35 bits per heavy atom. The van der Waals surface area contributed by atoms with Crippen LogP contribution in [0.4, 0.5) is 0 Å². The molecule has 3 rings (SSSR count). The third-order valence-electron chi connectivity index (χ3n) is 3.01. The van der Waals surface area contributed by atoms with Gasteiger partial charge in [0, 0.05) is 16.1 Å². The van der Waals surface area contributed by atoms with E-state index in [-0.39, 0.29) is 0 Å². The van der Waals surface area contributed by atoms with Crippen LogP contribution in [-0.4, -0.2) is 26.9 Å². The van der Waals surface area contributed by atoms with E-state index in [0.29, 0.717) is 6.04 Å². The van der Waals surface area contributed by atoms with Gasteiger partial charge in [-0.25, -0.2) is 0 Å². The summed E-state index contributed by atoms with van der Waals surface area (Å²) >= 11 is 1.81. The summed E-state index contributed by atoms with van der Waals surface area (Å²) in [5.41, 5.74) is 0. The average molecular weight is 249 g/mol. The molecule has 1 fully saturated rings. The number of ether oxygens (including phenoxy) is 2. The normalized spacial score (nSPS) is 20.6. The molecule has 0 saturated carbocycles. The van der Waals surface area contributed by atoms with Gasteiger partial charge in [0.2, 0.25) is 0 Å². The molecule has 1 aliphatic heterocycles. The van der Waals surface area contributed by atoms with Gasteiger partial charge in [-0.15, -0.1) is 11.3 Å². The maximum atomic E-state index is 5.50. The van der Waals surface area contributed by atoms with E-state index in [1.54, 1.807) is 7.11 Å². The third-order valence-corrected chi connectivity index (χ3v) is 4.22. The van der Waals surface area contributed by atoms with E-state index in [9.17, 15) is 0 Å². The van der Waals surface area contributed by atoms with Gasteiger partial charge in [-0.3, -0.25) is 0 Å². The fraction of sp³-hybridized carbons (Fsp3) is 0.385. The molecule has 0 spiro atoms. The van der Waals surface area contributed by atoms with Crippen LogP contribution in [0.5, 0.6) is 5.75 Å². The average Bonchev–Trinajstić information content (AvgIpc) is 2.82. The first-order valence-corrected chi connectivity index (χ1v) is 6.57. The standard InChI is InChI=1S/C13H15NO2S/c1-15-10-3-2-9-6-13(17-12(9)7-10)11-8-16-5-4-14-11/h2-3,6-7,11,14H,4-5,8H2,1H3. The highest BCUT2D eigenvalue weighted by Gasteiger charge is 2.17. The van der Waals surface area contributed by atoms with Crippen LogP contribution in [0.2, 0.25) is 0 Å². The van der Waals surface area contributed by atoms with E-state index in [1.807, 2.05) is 17.4 Å². The van der Waals surface area contributed by atoms with Gasteiger partial charge >= 0.3 is 0 Å². The molecule has 17 heavy (non-hydrogen) atoms. The summed E-state index contributed by atoms with van der Waals surface area (Å²) in [7, 11) is 1.70. The van der Waals surface area contributed by atoms with Crippen LogP contribution in [0.1, 0.15) is 10.9 Å². The number of hydrogen-bond acceptors (Lipinski definition) is 4. The van der Waals surface area contributed by atoms with Gasteiger partial charge in [0.25, 0.3) is 0 Å². The molecule has 1 N–H and O–H groups in total. The lowest BCUT2D eigenvalue weighted by atomic mass is 10.2.